The molecular formula is C28H29F3N2O4. The van der Waals surface area contributed by atoms with Crippen molar-refractivity contribution in [2.24, 2.45) is 0 Å². The topological polar surface area (TPSA) is 71.0 Å². The van der Waals surface area contributed by atoms with Gasteiger partial charge in [-0.1, -0.05) is 42.5 Å². The molecule has 1 amide bonds. The largest absolute Gasteiger partial charge is 0.486 e. The summed E-state index contributed by atoms with van der Waals surface area (Å²) in [7, 11) is 0. The summed E-state index contributed by atoms with van der Waals surface area (Å²) in [5, 5.41) is 15.3. The van der Waals surface area contributed by atoms with Crippen molar-refractivity contribution in [2.75, 3.05) is 32.8 Å². The second-order valence-electron chi connectivity index (χ2n) is 9.59. The lowest BCUT2D eigenvalue weighted by Gasteiger charge is -2.36. The summed E-state index contributed by atoms with van der Waals surface area (Å²) in [6, 6.07) is 14.6. The minimum absolute atomic E-state index is 0.0119. The molecule has 0 spiro atoms. The second kappa shape index (κ2) is 10.6. The van der Waals surface area contributed by atoms with E-state index in [4.69, 9.17) is 9.47 Å². The first-order valence-electron chi connectivity index (χ1n) is 12.5. The molecule has 9 heteroatoms. The number of halogens is 3. The van der Waals surface area contributed by atoms with Crippen LogP contribution in [0.4, 0.5) is 13.2 Å². The van der Waals surface area contributed by atoms with Gasteiger partial charge in [0, 0.05) is 13.0 Å². The molecule has 2 unspecified atom stereocenters. The van der Waals surface area contributed by atoms with Gasteiger partial charge in [-0.15, -0.1) is 0 Å². The number of ether oxygens (including phenoxy) is 2. The van der Waals surface area contributed by atoms with Gasteiger partial charge in [0.25, 0.3) is 5.91 Å². The molecule has 196 valence electrons. The summed E-state index contributed by atoms with van der Waals surface area (Å²) in [6.45, 7) is 2.04. The molecule has 0 bridgehead atoms. The highest BCUT2D eigenvalue weighted by Gasteiger charge is 2.41. The predicted octanol–water partition coefficient (Wildman–Crippen LogP) is 4.24. The van der Waals surface area contributed by atoms with Gasteiger partial charge in [-0.05, 0) is 60.0 Å². The van der Waals surface area contributed by atoms with Crippen LogP contribution in [0.15, 0.2) is 54.6 Å². The SMILES string of the molecule is O=C(NC(CN1CCC1)C(O)c1cc(F)c2c(c1)OCCO2)C(F)(F)CCc1ccc2ccccc2c1. The number of hydrogen-bond acceptors (Lipinski definition) is 5. The van der Waals surface area contributed by atoms with Crippen molar-refractivity contribution in [1.29, 1.82) is 0 Å². The molecule has 3 aromatic rings. The number of nitrogens with zero attached hydrogens (tertiary/aromatic N) is 1. The number of benzene rings is 3. The van der Waals surface area contributed by atoms with Crippen LogP contribution in [0.1, 0.15) is 30.1 Å². The van der Waals surface area contributed by atoms with Gasteiger partial charge in [0.1, 0.15) is 19.3 Å². The van der Waals surface area contributed by atoms with E-state index in [2.05, 4.69) is 5.32 Å². The number of nitrogens with one attached hydrogen (secondary N) is 1. The van der Waals surface area contributed by atoms with Crippen molar-refractivity contribution in [2.45, 2.75) is 37.3 Å². The van der Waals surface area contributed by atoms with E-state index < -0.39 is 36.2 Å². The van der Waals surface area contributed by atoms with Crippen LogP contribution in [0.5, 0.6) is 11.5 Å². The number of likely N-dealkylation sites (tertiary alicyclic amines) is 1. The number of aryl methyl sites for hydroxylation is 1. The van der Waals surface area contributed by atoms with Crippen molar-refractivity contribution in [3.63, 3.8) is 0 Å². The van der Waals surface area contributed by atoms with Crippen molar-refractivity contribution < 1.29 is 32.5 Å². The Hall–Kier alpha value is -3.30. The summed E-state index contributed by atoms with van der Waals surface area (Å²) in [5.74, 6) is -5.76. The van der Waals surface area contributed by atoms with Crippen LogP contribution < -0.4 is 14.8 Å². The maximum atomic E-state index is 15.0. The third kappa shape index (κ3) is 5.67. The molecule has 2 N–H and O–H groups in total. The molecule has 1 fully saturated rings. The highest BCUT2D eigenvalue weighted by atomic mass is 19.3. The first-order chi connectivity index (χ1) is 17.8. The van der Waals surface area contributed by atoms with E-state index in [0.29, 0.717) is 5.56 Å². The zero-order chi connectivity index (χ0) is 26.0. The Balaban J connectivity index is 1.29. The Kier molecular flexibility index (Phi) is 7.26. The van der Waals surface area contributed by atoms with Crippen LogP contribution in [-0.4, -0.2) is 60.7 Å². The first-order valence-corrected chi connectivity index (χ1v) is 12.5. The molecule has 0 aromatic heterocycles. The zero-order valence-corrected chi connectivity index (χ0v) is 20.3. The molecule has 3 aromatic carbocycles. The third-order valence-electron chi connectivity index (χ3n) is 6.94. The Bertz CT molecular complexity index is 1280. The Morgan fingerprint density at radius 3 is 2.57 bits per heavy atom. The molecule has 2 aliphatic rings. The minimum atomic E-state index is -3.66. The lowest BCUT2D eigenvalue weighted by molar-refractivity contribution is -0.148. The van der Waals surface area contributed by atoms with E-state index in [1.165, 1.54) is 6.07 Å². The summed E-state index contributed by atoms with van der Waals surface area (Å²) in [5.41, 5.74) is 0.821. The number of aliphatic hydroxyl groups is 1. The van der Waals surface area contributed by atoms with Gasteiger partial charge in [-0.25, -0.2) is 4.39 Å². The van der Waals surface area contributed by atoms with Crippen LogP contribution in [-0.2, 0) is 11.2 Å². The van der Waals surface area contributed by atoms with Gasteiger partial charge in [-0.3, -0.25) is 4.79 Å². The third-order valence-corrected chi connectivity index (χ3v) is 6.94. The van der Waals surface area contributed by atoms with E-state index in [9.17, 15) is 23.1 Å². The van der Waals surface area contributed by atoms with E-state index in [1.807, 2.05) is 41.3 Å². The van der Waals surface area contributed by atoms with Crippen molar-refractivity contribution in [3.8, 4) is 11.5 Å². The molecule has 0 radical (unpaired) electrons. The quantitative estimate of drug-likeness (QED) is 0.447. The number of aliphatic hydroxyl groups excluding tert-OH is 1. The molecule has 37 heavy (non-hydrogen) atoms. The van der Waals surface area contributed by atoms with Crippen LogP contribution in [0.25, 0.3) is 10.8 Å². The molecule has 2 atom stereocenters. The monoisotopic (exact) mass is 514 g/mol. The van der Waals surface area contributed by atoms with E-state index in [-0.39, 0.29) is 43.2 Å². The van der Waals surface area contributed by atoms with Crippen LogP contribution >= 0.6 is 0 Å². The maximum absolute atomic E-state index is 15.0. The maximum Gasteiger partial charge on any atom is 0.324 e. The molecule has 1 saturated heterocycles. The van der Waals surface area contributed by atoms with E-state index in [1.54, 1.807) is 6.07 Å². The van der Waals surface area contributed by atoms with Gasteiger partial charge in [0.05, 0.1) is 6.04 Å². The number of amides is 1. The van der Waals surface area contributed by atoms with E-state index in [0.717, 1.165) is 36.3 Å². The highest BCUT2D eigenvalue weighted by molar-refractivity contribution is 5.84. The molecular weight excluding hydrogens is 485 g/mol. The predicted molar refractivity (Wildman–Crippen MR) is 133 cm³/mol. The lowest BCUT2D eigenvalue weighted by Crippen LogP contribution is -2.54. The van der Waals surface area contributed by atoms with Gasteiger partial charge >= 0.3 is 5.92 Å². The van der Waals surface area contributed by atoms with Crippen LogP contribution in [0, 0.1) is 5.82 Å². The highest BCUT2D eigenvalue weighted by Crippen LogP contribution is 2.36. The number of alkyl halides is 2. The number of rotatable bonds is 9. The summed E-state index contributed by atoms with van der Waals surface area (Å²) in [4.78, 5) is 14.7. The molecule has 5 rings (SSSR count). The van der Waals surface area contributed by atoms with E-state index >= 15 is 0 Å². The fourth-order valence-corrected chi connectivity index (χ4v) is 4.68. The van der Waals surface area contributed by atoms with Gasteiger partial charge in [-0.2, -0.15) is 8.78 Å². The number of carbonyl (C=O) groups excluding carboxylic acids is 1. The van der Waals surface area contributed by atoms with Crippen LogP contribution in [0.2, 0.25) is 0 Å². The molecule has 0 aliphatic carbocycles. The van der Waals surface area contributed by atoms with Gasteiger partial charge in [0.15, 0.2) is 17.3 Å². The van der Waals surface area contributed by atoms with Gasteiger partial charge in [0.2, 0.25) is 0 Å². The summed E-state index contributed by atoms with van der Waals surface area (Å²) >= 11 is 0. The summed E-state index contributed by atoms with van der Waals surface area (Å²) < 4.78 is 55.2. The molecule has 6 nitrogen and oxygen atoms in total. The smallest absolute Gasteiger partial charge is 0.324 e. The normalized spacial score (nSPS) is 17.2. The fraction of sp³-hybridized carbons (Fsp3) is 0.393. The lowest BCUT2D eigenvalue weighted by atomic mass is 9.98. The number of fused-ring (bicyclic) bond motifs is 2. The molecule has 2 aliphatic heterocycles. The fourth-order valence-electron chi connectivity index (χ4n) is 4.68. The number of carbonyl (C=O) groups is 1. The zero-order valence-electron chi connectivity index (χ0n) is 20.3. The van der Waals surface area contributed by atoms with Crippen molar-refractivity contribution >= 4 is 16.7 Å². The average Bonchev–Trinajstić information content (AvgIpc) is 2.88. The number of hydrogen-bond donors (Lipinski definition) is 2. The first kappa shape index (κ1) is 25.4. The standard InChI is InChI=1S/C28H29F3N2O4/c29-22-15-21(16-24-26(22)37-13-12-36-24)25(34)23(17-33-10-3-11-33)32-27(35)28(30,31)9-8-18-6-7-19-4-1-2-5-20(19)14-18/h1-2,4-7,14-16,23,25,34H,3,8-13,17H2,(H,32,35). The Labute approximate surface area is 213 Å². The second-order valence-corrected chi connectivity index (χ2v) is 9.59. The molecule has 2 heterocycles. The Morgan fingerprint density at radius 2 is 1.81 bits per heavy atom. The van der Waals surface area contributed by atoms with Crippen molar-refractivity contribution in [1.82, 2.24) is 10.2 Å². The van der Waals surface area contributed by atoms with Crippen LogP contribution in [0.3, 0.4) is 0 Å². The summed E-state index contributed by atoms with van der Waals surface area (Å²) in [6.07, 6.45) is -1.15. The van der Waals surface area contributed by atoms with Gasteiger partial charge < -0.3 is 24.8 Å². The Morgan fingerprint density at radius 1 is 1.05 bits per heavy atom. The molecule has 0 saturated carbocycles. The minimum Gasteiger partial charge on any atom is -0.486 e. The average molecular weight is 515 g/mol. The van der Waals surface area contributed by atoms with Crippen molar-refractivity contribution in [3.05, 3.63) is 71.5 Å².